The van der Waals surface area contributed by atoms with Crippen LogP contribution in [0.2, 0.25) is 0 Å². The molecule has 1 heterocycles. The van der Waals surface area contributed by atoms with Gasteiger partial charge >= 0.3 is 5.97 Å². The number of carbonyl (C=O) groups is 2. The lowest BCUT2D eigenvalue weighted by molar-refractivity contribution is -0.141. The number of halogens is 1. The summed E-state index contributed by atoms with van der Waals surface area (Å²) in [6, 6.07) is 6.58. The van der Waals surface area contributed by atoms with E-state index < -0.39 is 23.8 Å². The Morgan fingerprint density at radius 2 is 2.00 bits per heavy atom. The molecule has 0 fully saturated rings. The number of benzene rings is 1. The minimum atomic E-state index is -0.952. The van der Waals surface area contributed by atoms with E-state index in [9.17, 15) is 9.59 Å². The van der Waals surface area contributed by atoms with Gasteiger partial charge < -0.3 is 14.8 Å². The molecule has 2 N–H and O–H groups in total. The molecule has 0 bridgehead atoms. The van der Waals surface area contributed by atoms with Crippen LogP contribution in [0.5, 0.6) is 0 Å². The molecule has 1 aromatic heterocycles. The van der Waals surface area contributed by atoms with E-state index in [4.69, 9.17) is 9.52 Å². The Bertz CT molecular complexity index is 664. The number of rotatable bonds is 4. The molecule has 2 atom stereocenters. The van der Waals surface area contributed by atoms with Gasteiger partial charge in [0.1, 0.15) is 5.58 Å². The second kappa shape index (κ2) is 5.66. The zero-order chi connectivity index (χ0) is 14.9. The standard InChI is InChI=1S/C14H14BrNO4/c1-7(14(18)19)8(2)16-13(17)12-6-9-5-10(15)3-4-11(9)20-12/h3-8H,1-2H3,(H,16,17)(H,18,19). The highest BCUT2D eigenvalue weighted by molar-refractivity contribution is 9.10. The first kappa shape index (κ1) is 14.6. The Balaban J connectivity index is 2.17. The maximum absolute atomic E-state index is 12.0. The number of fused-ring (bicyclic) bond motifs is 1. The topological polar surface area (TPSA) is 79.5 Å². The third kappa shape index (κ3) is 3.01. The molecule has 5 nitrogen and oxygen atoms in total. The third-order valence-electron chi connectivity index (χ3n) is 3.20. The third-order valence-corrected chi connectivity index (χ3v) is 3.69. The SMILES string of the molecule is CC(NC(=O)c1cc2cc(Br)ccc2o1)C(C)C(=O)O. The minimum absolute atomic E-state index is 0.169. The number of hydrogen-bond donors (Lipinski definition) is 2. The summed E-state index contributed by atoms with van der Waals surface area (Å²) in [5.41, 5.74) is 0.609. The van der Waals surface area contributed by atoms with Crippen molar-refractivity contribution in [2.75, 3.05) is 0 Å². The van der Waals surface area contributed by atoms with Gasteiger partial charge in [-0.1, -0.05) is 15.9 Å². The van der Waals surface area contributed by atoms with E-state index in [1.807, 2.05) is 12.1 Å². The van der Waals surface area contributed by atoms with Crippen molar-refractivity contribution < 1.29 is 19.1 Å². The van der Waals surface area contributed by atoms with Crippen molar-refractivity contribution in [2.45, 2.75) is 19.9 Å². The first-order valence-electron chi connectivity index (χ1n) is 6.11. The highest BCUT2D eigenvalue weighted by Crippen LogP contribution is 2.23. The summed E-state index contributed by atoms with van der Waals surface area (Å²) < 4.78 is 6.34. The zero-order valence-electron chi connectivity index (χ0n) is 11.0. The Kier molecular flexibility index (Phi) is 4.13. The van der Waals surface area contributed by atoms with E-state index in [2.05, 4.69) is 21.2 Å². The van der Waals surface area contributed by atoms with Gasteiger partial charge in [0.25, 0.3) is 5.91 Å². The molecule has 2 unspecified atom stereocenters. The van der Waals surface area contributed by atoms with Crippen molar-refractivity contribution in [3.8, 4) is 0 Å². The highest BCUT2D eigenvalue weighted by atomic mass is 79.9. The van der Waals surface area contributed by atoms with E-state index in [-0.39, 0.29) is 5.76 Å². The van der Waals surface area contributed by atoms with Gasteiger partial charge in [-0.05, 0) is 38.1 Å². The van der Waals surface area contributed by atoms with Gasteiger partial charge in [-0.15, -0.1) is 0 Å². The van der Waals surface area contributed by atoms with Crippen LogP contribution in [-0.4, -0.2) is 23.0 Å². The molecule has 0 aliphatic carbocycles. The van der Waals surface area contributed by atoms with Crippen LogP contribution < -0.4 is 5.32 Å². The van der Waals surface area contributed by atoms with Gasteiger partial charge in [0, 0.05) is 15.9 Å². The van der Waals surface area contributed by atoms with Crippen LogP contribution >= 0.6 is 15.9 Å². The van der Waals surface area contributed by atoms with E-state index in [0.29, 0.717) is 5.58 Å². The Morgan fingerprint density at radius 1 is 1.30 bits per heavy atom. The van der Waals surface area contributed by atoms with Crippen LogP contribution in [0, 0.1) is 5.92 Å². The van der Waals surface area contributed by atoms with E-state index in [1.54, 1.807) is 26.0 Å². The molecule has 0 saturated heterocycles. The van der Waals surface area contributed by atoms with E-state index in [0.717, 1.165) is 9.86 Å². The van der Waals surface area contributed by atoms with Gasteiger partial charge in [0.05, 0.1) is 5.92 Å². The summed E-state index contributed by atoms with van der Waals surface area (Å²) in [4.78, 5) is 22.9. The molecule has 0 aliphatic heterocycles. The normalized spacial score (nSPS) is 13.9. The summed E-state index contributed by atoms with van der Waals surface area (Å²) in [7, 11) is 0. The molecule has 1 aromatic carbocycles. The van der Waals surface area contributed by atoms with Crippen molar-refractivity contribution in [3.05, 3.63) is 34.5 Å². The summed E-state index contributed by atoms with van der Waals surface area (Å²) in [5, 5.41) is 12.3. The maximum atomic E-state index is 12.0. The molecule has 0 saturated carbocycles. The van der Waals surface area contributed by atoms with Crippen LogP contribution in [0.25, 0.3) is 11.0 Å². The molecule has 6 heteroatoms. The fourth-order valence-corrected chi connectivity index (χ4v) is 2.12. The molecule has 1 amide bonds. The van der Waals surface area contributed by atoms with Crippen LogP contribution in [0.15, 0.2) is 33.2 Å². The van der Waals surface area contributed by atoms with E-state index >= 15 is 0 Å². The summed E-state index contributed by atoms with van der Waals surface area (Å²) >= 11 is 3.35. The second-order valence-electron chi connectivity index (χ2n) is 4.68. The van der Waals surface area contributed by atoms with Gasteiger partial charge in [0.2, 0.25) is 0 Å². The number of carboxylic acid groups (broad SMARTS) is 1. The maximum Gasteiger partial charge on any atom is 0.308 e. The minimum Gasteiger partial charge on any atom is -0.481 e. The molecule has 20 heavy (non-hydrogen) atoms. The van der Waals surface area contributed by atoms with Crippen LogP contribution in [-0.2, 0) is 4.79 Å². The first-order valence-corrected chi connectivity index (χ1v) is 6.90. The predicted molar refractivity (Wildman–Crippen MR) is 77.6 cm³/mol. The smallest absolute Gasteiger partial charge is 0.308 e. The number of carboxylic acids is 1. The molecule has 2 aromatic rings. The first-order chi connectivity index (χ1) is 9.38. The number of aliphatic carboxylic acids is 1. The number of furan rings is 1. The number of carbonyl (C=O) groups excluding carboxylic acids is 1. The van der Waals surface area contributed by atoms with Crippen molar-refractivity contribution in [1.29, 1.82) is 0 Å². The van der Waals surface area contributed by atoms with E-state index in [1.165, 1.54) is 0 Å². The predicted octanol–water partition coefficient (Wildman–Crippen LogP) is 3.03. The van der Waals surface area contributed by atoms with Crippen LogP contribution in [0.1, 0.15) is 24.4 Å². The molecule has 0 spiro atoms. The summed E-state index contributed by atoms with van der Waals surface area (Å²) in [6.07, 6.45) is 0. The van der Waals surface area contributed by atoms with Crippen LogP contribution in [0.3, 0.4) is 0 Å². The van der Waals surface area contributed by atoms with Gasteiger partial charge in [-0.3, -0.25) is 9.59 Å². The Hall–Kier alpha value is -1.82. The van der Waals surface area contributed by atoms with Crippen molar-refractivity contribution in [2.24, 2.45) is 5.92 Å². The van der Waals surface area contributed by atoms with Crippen molar-refractivity contribution >= 4 is 38.8 Å². The monoisotopic (exact) mass is 339 g/mol. The number of nitrogens with one attached hydrogen (secondary N) is 1. The lowest BCUT2D eigenvalue weighted by Crippen LogP contribution is -2.39. The van der Waals surface area contributed by atoms with Gasteiger partial charge in [-0.25, -0.2) is 0 Å². The summed E-state index contributed by atoms with van der Waals surface area (Å²) in [6.45, 7) is 3.19. The molecule has 106 valence electrons. The Morgan fingerprint density at radius 3 is 2.65 bits per heavy atom. The average molecular weight is 340 g/mol. The van der Waals surface area contributed by atoms with Crippen LogP contribution in [0.4, 0.5) is 0 Å². The lowest BCUT2D eigenvalue weighted by Gasteiger charge is -2.16. The number of hydrogen-bond acceptors (Lipinski definition) is 3. The largest absolute Gasteiger partial charge is 0.481 e. The van der Waals surface area contributed by atoms with Gasteiger partial charge in [-0.2, -0.15) is 0 Å². The number of amides is 1. The zero-order valence-corrected chi connectivity index (χ0v) is 12.6. The molecule has 0 aliphatic rings. The van der Waals surface area contributed by atoms with Gasteiger partial charge in [0.15, 0.2) is 5.76 Å². The second-order valence-corrected chi connectivity index (χ2v) is 5.60. The molecule has 0 radical (unpaired) electrons. The fourth-order valence-electron chi connectivity index (χ4n) is 1.74. The molecular formula is C14H14BrNO4. The van der Waals surface area contributed by atoms with Crippen molar-refractivity contribution in [1.82, 2.24) is 5.32 Å². The lowest BCUT2D eigenvalue weighted by atomic mass is 10.0. The highest BCUT2D eigenvalue weighted by Gasteiger charge is 2.22. The average Bonchev–Trinajstić information content (AvgIpc) is 2.80. The fraction of sp³-hybridized carbons (Fsp3) is 0.286. The summed E-state index contributed by atoms with van der Waals surface area (Å²) in [5.74, 6) is -1.87. The molecular weight excluding hydrogens is 326 g/mol. The molecule has 2 rings (SSSR count). The van der Waals surface area contributed by atoms with Crippen molar-refractivity contribution in [3.63, 3.8) is 0 Å². The Labute approximate surface area is 124 Å². The quantitative estimate of drug-likeness (QED) is 0.897.